The van der Waals surface area contributed by atoms with Gasteiger partial charge in [0.05, 0.1) is 284 Å². The number of unbranched alkanes of at least 4 members (excludes halogenated alkanes) is 4. The maximum atomic E-state index is 12.2. The number of ketones is 1. The van der Waals surface area contributed by atoms with E-state index in [4.69, 9.17) is 121 Å². The largest absolute Gasteiger partial charge is 0.399 e. The SMILES string of the molecule is CCCCCc1nnc(CCCCC)nn1.COCCOCCOCCOCCOCCOCCOCCOCCOCCOCCOCC(=O)CCc1nnc(CNC(=O)COCCOCCOCCOCCOCCOCCOCCOCCOCCOCCOC)nn1.NCc1nnc(CN)nn1.Nc1ccc(-c2nnc(-c3ccccc3)nn2)cc1. The molecular formula is C81H138N20O24. The predicted octanol–water partition coefficient (Wildman–Crippen LogP) is 2.11. The zero-order chi connectivity index (χ0) is 89.3. The van der Waals surface area contributed by atoms with Gasteiger partial charge in [-0.15, -0.1) is 81.6 Å². The van der Waals surface area contributed by atoms with E-state index in [9.17, 15) is 9.59 Å². The third kappa shape index (κ3) is 69.0. The van der Waals surface area contributed by atoms with Crippen LogP contribution in [0.5, 0.6) is 0 Å². The fourth-order valence-corrected chi connectivity index (χ4v) is 9.24. The summed E-state index contributed by atoms with van der Waals surface area (Å²) in [5.41, 5.74) is 18.5. The van der Waals surface area contributed by atoms with E-state index in [0.29, 0.717) is 286 Å². The van der Waals surface area contributed by atoms with E-state index in [1.807, 2.05) is 42.5 Å². The van der Waals surface area contributed by atoms with Crippen molar-refractivity contribution in [2.75, 3.05) is 297 Å². The number of amides is 1. The van der Waals surface area contributed by atoms with E-state index in [2.05, 4.69) is 101 Å². The van der Waals surface area contributed by atoms with Gasteiger partial charge in [0.1, 0.15) is 13.2 Å². The Labute approximate surface area is 734 Å². The van der Waals surface area contributed by atoms with E-state index in [0.717, 1.165) is 48.5 Å². The molecule has 6 aromatic rings. The number of rotatable bonds is 81. The van der Waals surface area contributed by atoms with Gasteiger partial charge >= 0.3 is 0 Å². The van der Waals surface area contributed by atoms with Crippen molar-refractivity contribution in [1.29, 1.82) is 0 Å². The Hall–Kier alpha value is -7.82. The van der Waals surface area contributed by atoms with Gasteiger partial charge in [-0.1, -0.05) is 69.9 Å². The van der Waals surface area contributed by atoms with Crippen LogP contribution in [0.3, 0.4) is 0 Å². The molecule has 0 atom stereocenters. The summed E-state index contributed by atoms with van der Waals surface area (Å²) in [6.45, 7) is 23.2. The van der Waals surface area contributed by atoms with Crippen molar-refractivity contribution in [2.45, 2.75) is 97.7 Å². The molecule has 0 bridgehead atoms. The van der Waals surface area contributed by atoms with Crippen molar-refractivity contribution in [3.63, 3.8) is 0 Å². The zero-order valence-electron chi connectivity index (χ0n) is 73.8. The van der Waals surface area contributed by atoms with Gasteiger partial charge in [-0.25, -0.2) is 0 Å². The summed E-state index contributed by atoms with van der Waals surface area (Å²) in [4.78, 5) is 24.4. The Kier molecular flexibility index (Phi) is 76.3. The first-order valence-corrected chi connectivity index (χ1v) is 42.6. The summed E-state index contributed by atoms with van der Waals surface area (Å²) in [5.74, 6) is 3.47. The molecule has 0 aliphatic rings. The Morgan fingerprint density at radius 3 is 0.808 bits per heavy atom. The first kappa shape index (κ1) is 111. The molecule has 2 aromatic carbocycles. The molecule has 0 fully saturated rings. The molecule has 706 valence electrons. The van der Waals surface area contributed by atoms with Gasteiger partial charge in [0.15, 0.2) is 40.7 Å². The summed E-state index contributed by atoms with van der Waals surface area (Å²) >= 11 is 0. The maximum absolute atomic E-state index is 12.2. The number of hydrogen-bond donors (Lipinski definition) is 4. The monoisotopic (exact) mass is 1780 g/mol. The molecular weight excluding hydrogens is 1640 g/mol. The molecule has 6 rings (SSSR count). The molecule has 4 heterocycles. The fraction of sp³-hybridized carbons (Fsp3) is 0.728. The number of aryl methyl sites for hydroxylation is 3. The van der Waals surface area contributed by atoms with Crippen LogP contribution in [0, 0.1) is 0 Å². The van der Waals surface area contributed by atoms with Crippen molar-refractivity contribution in [3.8, 4) is 22.8 Å². The van der Waals surface area contributed by atoms with Gasteiger partial charge in [0.2, 0.25) is 17.6 Å². The standard InChI is InChI=1S/C51H97N5O24.C14H11N5.C12H22N4.C4H8N6/c1-59-5-7-61-9-11-63-13-15-65-17-19-67-21-23-69-25-27-71-29-31-73-33-35-75-37-39-77-41-43-79-46-48(57)3-4-49-53-55-50(56-54-49)45-52-51(58)47-80-44-42-78-40-38-76-36-34-74-32-30-72-28-26-70-24-22-68-20-18-66-16-14-64-12-10-62-8-6-60-2;15-12-8-6-11(7-9-12)14-18-16-13(17-19-14)10-4-2-1-3-5-10;1-3-5-7-9-11-13-15-12(16-14-11)10-8-6-4-2;5-1-3-7-9-4(2-6)10-8-3/h3-47H2,1-2H3,(H,52,58);1-9H,15H2;3-10H2,1-2H3;1-2,5-6H2. The average molecular weight is 1780 g/mol. The molecule has 1 amide bonds. The first-order valence-electron chi connectivity index (χ1n) is 42.6. The normalized spacial score (nSPS) is 11.1. The lowest BCUT2D eigenvalue weighted by atomic mass is 10.2. The summed E-state index contributed by atoms with van der Waals surface area (Å²) in [5, 5.41) is 65.9. The number of carbonyl (C=O) groups excluding carboxylic acids is 2. The number of anilines is 1. The zero-order valence-corrected chi connectivity index (χ0v) is 73.8. The Balaban J connectivity index is 0.000000702. The van der Waals surface area contributed by atoms with Crippen LogP contribution in [-0.2, 0) is 153 Å². The molecule has 0 radical (unpaired) electrons. The Morgan fingerprint density at radius 2 is 0.528 bits per heavy atom. The third-order valence-electron chi connectivity index (χ3n) is 15.9. The summed E-state index contributed by atoms with van der Waals surface area (Å²) < 4.78 is 119. The fourth-order valence-electron chi connectivity index (χ4n) is 9.24. The Bertz CT molecular complexity index is 3180. The number of nitrogens with one attached hydrogen (secondary N) is 1. The van der Waals surface area contributed by atoms with E-state index in [-0.39, 0.29) is 76.4 Å². The van der Waals surface area contributed by atoms with E-state index in [1.165, 1.54) is 25.7 Å². The highest BCUT2D eigenvalue weighted by molar-refractivity contribution is 5.79. The van der Waals surface area contributed by atoms with Crippen LogP contribution in [0.15, 0.2) is 54.6 Å². The average Bonchev–Trinajstić information content (AvgIpc) is 0.839. The molecule has 0 saturated carbocycles. The number of ether oxygens (including phenoxy) is 22. The van der Waals surface area contributed by atoms with Gasteiger partial charge in [0.25, 0.3) is 0 Å². The highest BCUT2D eigenvalue weighted by Crippen LogP contribution is 2.17. The van der Waals surface area contributed by atoms with Crippen molar-refractivity contribution in [1.82, 2.24) is 86.9 Å². The molecule has 0 unspecified atom stereocenters. The van der Waals surface area contributed by atoms with Crippen LogP contribution in [0.25, 0.3) is 22.8 Å². The van der Waals surface area contributed by atoms with Gasteiger partial charge < -0.3 is 127 Å². The molecule has 7 N–H and O–H groups in total. The molecule has 0 aliphatic carbocycles. The van der Waals surface area contributed by atoms with Gasteiger partial charge in [-0.2, -0.15) is 0 Å². The minimum atomic E-state index is -0.357. The number of methoxy groups -OCH3 is 2. The lowest BCUT2D eigenvalue weighted by Gasteiger charge is -2.09. The lowest BCUT2D eigenvalue weighted by Crippen LogP contribution is -2.29. The maximum Gasteiger partial charge on any atom is 0.246 e. The van der Waals surface area contributed by atoms with Crippen molar-refractivity contribution >= 4 is 17.4 Å². The Morgan fingerprint density at radius 1 is 0.280 bits per heavy atom. The molecule has 0 saturated heterocycles. The molecule has 0 spiro atoms. The minimum absolute atomic E-state index is 0.0232. The third-order valence-corrected chi connectivity index (χ3v) is 15.9. The van der Waals surface area contributed by atoms with Crippen molar-refractivity contribution in [3.05, 3.63) is 89.5 Å². The molecule has 44 nitrogen and oxygen atoms in total. The van der Waals surface area contributed by atoms with Crippen LogP contribution in [-0.4, -0.2) is 385 Å². The van der Waals surface area contributed by atoms with E-state index in [1.54, 1.807) is 26.4 Å². The number of Topliss-reactive ketones (excluding diaryl/α,β-unsaturated/α-hetero) is 1. The first-order chi connectivity index (χ1) is 61.7. The van der Waals surface area contributed by atoms with E-state index < -0.39 is 0 Å². The number of nitrogens with zero attached hydrogens (tertiary/aromatic N) is 16. The number of aromatic nitrogens is 16. The second-order valence-electron chi connectivity index (χ2n) is 26.0. The minimum Gasteiger partial charge on any atom is -0.399 e. The van der Waals surface area contributed by atoms with Gasteiger partial charge in [-0.3, -0.25) is 9.59 Å². The van der Waals surface area contributed by atoms with Crippen LogP contribution in [0.2, 0.25) is 0 Å². The van der Waals surface area contributed by atoms with E-state index >= 15 is 0 Å². The second-order valence-corrected chi connectivity index (χ2v) is 26.0. The molecule has 4 aromatic heterocycles. The van der Waals surface area contributed by atoms with Gasteiger partial charge in [-0.05, 0) is 37.1 Å². The summed E-state index contributed by atoms with van der Waals surface area (Å²) in [6, 6.07) is 16.9. The molecule has 125 heavy (non-hydrogen) atoms. The number of nitrogens with two attached hydrogens (primary N) is 3. The molecule has 44 heteroatoms. The lowest BCUT2D eigenvalue weighted by molar-refractivity contribution is -0.126. The topological polar surface area (TPSA) is 534 Å². The highest BCUT2D eigenvalue weighted by Gasteiger charge is 2.12. The highest BCUT2D eigenvalue weighted by atomic mass is 16.6. The number of hydrogen-bond acceptors (Lipinski definition) is 43. The smallest absolute Gasteiger partial charge is 0.246 e. The van der Waals surface area contributed by atoms with Crippen molar-refractivity contribution < 1.29 is 114 Å². The number of carbonyl (C=O) groups is 2. The van der Waals surface area contributed by atoms with Crippen LogP contribution < -0.4 is 22.5 Å². The number of benzene rings is 2. The van der Waals surface area contributed by atoms with Crippen LogP contribution in [0.1, 0.15) is 93.7 Å². The summed E-state index contributed by atoms with van der Waals surface area (Å²) in [7, 11) is 3.27. The number of nitrogen functional groups attached to an aromatic ring is 1. The van der Waals surface area contributed by atoms with Crippen LogP contribution >= 0.6 is 0 Å². The molecule has 0 aliphatic heterocycles. The quantitative estimate of drug-likeness (QED) is 0.0314. The van der Waals surface area contributed by atoms with Gasteiger partial charge in [0, 0.05) is 56.7 Å². The van der Waals surface area contributed by atoms with Crippen LogP contribution in [0.4, 0.5) is 5.69 Å². The summed E-state index contributed by atoms with van der Waals surface area (Å²) in [6.07, 6.45) is 9.38. The predicted molar refractivity (Wildman–Crippen MR) is 453 cm³/mol. The second kappa shape index (κ2) is 85.6. The van der Waals surface area contributed by atoms with Crippen molar-refractivity contribution in [2.24, 2.45) is 11.5 Å².